The molecule has 0 aromatic carbocycles. The van der Waals surface area contributed by atoms with Gasteiger partial charge in [0.05, 0.1) is 11.4 Å². The average Bonchev–Trinajstić information content (AvgIpc) is 3.45. The molecule has 1 amide bonds. The first-order chi connectivity index (χ1) is 14.5. The molecule has 2 N–H and O–H groups in total. The van der Waals surface area contributed by atoms with E-state index in [0.29, 0.717) is 17.5 Å². The number of aromatic nitrogens is 5. The number of thiophene rings is 1. The Morgan fingerprint density at radius 2 is 2.00 bits per heavy atom. The number of nitrogens with one attached hydrogen (secondary N) is 2. The number of anilines is 1. The Balaban J connectivity index is 0.00000124. The van der Waals surface area contributed by atoms with E-state index in [1.54, 1.807) is 4.90 Å². The highest BCUT2D eigenvalue weighted by Crippen LogP contribution is 2.30. The van der Waals surface area contributed by atoms with Crippen LogP contribution in [0.3, 0.4) is 0 Å². The van der Waals surface area contributed by atoms with E-state index in [0.717, 1.165) is 4.88 Å². The second-order valence-electron chi connectivity index (χ2n) is 6.34. The minimum absolute atomic E-state index is 0.103. The van der Waals surface area contributed by atoms with Crippen LogP contribution in [0, 0.1) is 0 Å². The molecule has 0 unspecified atom stereocenters. The van der Waals surface area contributed by atoms with E-state index in [-0.39, 0.29) is 38.2 Å². The highest BCUT2D eigenvalue weighted by Gasteiger charge is 2.35. The standard InChI is InChI=1S/C17H17F2N7OS.C2H6/c18-17(19)3-7-26(8-4-17)15-13(20-5-6-21-15)16(27)22-10-12-23-14(25-24-12)11-2-1-9-28-11;1-2/h1-2,5-6,9H,3-4,7-8,10H2,(H,22,27)(H,23,24,25);1-2H3. The summed E-state index contributed by atoms with van der Waals surface area (Å²) < 4.78 is 26.8. The van der Waals surface area contributed by atoms with Crippen LogP contribution in [-0.2, 0) is 6.54 Å². The lowest BCUT2D eigenvalue weighted by molar-refractivity contribution is -0.0221. The molecule has 4 rings (SSSR count). The van der Waals surface area contributed by atoms with Gasteiger partial charge >= 0.3 is 0 Å². The second kappa shape index (κ2) is 9.70. The molecule has 0 bridgehead atoms. The third kappa shape index (κ3) is 5.15. The number of alkyl halides is 2. The average molecular weight is 436 g/mol. The lowest BCUT2D eigenvalue weighted by Crippen LogP contribution is -2.41. The number of piperidine rings is 1. The number of rotatable bonds is 5. The fraction of sp³-hybridized carbons (Fsp3) is 0.421. The van der Waals surface area contributed by atoms with Crippen molar-refractivity contribution >= 4 is 23.1 Å². The first-order valence-corrected chi connectivity index (χ1v) is 10.6. The van der Waals surface area contributed by atoms with Gasteiger partial charge < -0.3 is 10.2 Å². The normalized spacial score (nSPS) is 15.3. The van der Waals surface area contributed by atoms with E-state index in [4.69, 9.17) is 0 Å². The SMILES string of the molecule is CC.O=C(NCc1nc(-c2cccs2)n[nH]1)c1nccnc1N1CCC(F)(F)CC1. The topological polar surface area (TPSA) is 99.7 Å². The molecule has 0 aliphatic carbocycles. The van der Waals surface area contributed by atoms with Gasteiger partial charge in [-0.2, -0.15) is 5.10 Å². The van der Waals surface area contributed by atoms with Gasteiger partial charge in [0.2, 0.25) is 0 Å². The van der Waals surface area contributed by atoms with Crippen LogP contribution >= 0.6 is 11.3 Å². The first-order valence-electron chi connectivity index (χ1n) is 9.69. The minimum Gasteiger partial charge on any atom is -0.354 e. The third-order valence-electron chi connectivity index (χ3n) is 4.38. The summed E-state index contributed by atoms with van der Waals surface area (Å²) in [6.45, 7) is 4.38. The van der Waals surface area contributed by atoms with Crippen LogP contribution in [0.15, 0.2) is 29.9 Å². The van der Waals surface area contributed by atoms with Crippen LogP contribution in [0.5, 0.6) is 0 Å². The van der Waals surface area contributed by atoms with Crippen LogP contribution in [0.4, 0.5) is 14.6 Å². The maximum Gasteiger partial charge on any atom is 0.274 e. The number of carbonyl (C=O) groups is 1. The van der Waals surface area contributed by atoms with Gasteiger partial charge in [-0.25, -0.2) is 23.7 Å². The van der Waals surface area contributed by atoms with Crippen LogP contribution in [0.1, 0.15) is 43.0 Å². The first kappa shape index (κ1) is 21.8. The molecule has 0 atom stereocenters. The van der Waals surface area contributed by atoms with Gasteiger partial charge in [-0.1, -0.05) is 19.9 Å². The van der Waals surface area contributed by atoms with Gasteiger partial charge in [0.25, 0.3) is 11.8 Å². The molecular formula is C19H23F2N7OS. The van der Waals surface area contributed by atoms with E-state index in [1.807, 2.05) is 31.4 Å². The molecule has 11 heteroatoms. The lowest BCUT2D eigenvalue weighted by atomic mass is 10.1. The number of hydrogen-bond acceptors (Lipinski definition) is 7. The van der Waals surface area contributed by atoms with Crippen molar-refractivity contribution in [3.8, 4) is 10.7 Å². The number of hydrogen-bond donors (Lipinski definition) is 2. The van der Waals surface area contributed by atoms with E-state index in [9.17, 15) is 13.6 Å². The van der Waals surface area contributed by atoms with Gasteiger partial charge in [0.1, 0.15) is 5.82 Å². The summed E-state index contributed by atoms with van der Waals surface area (Å²) in [5, 5.41) is 11.6. The summed E-state index contributed by atoms with van der Waals surface area (Å²) >= 11 is 1.52. The molecule has 0 radical (unpaired) electrons. The highest BCUT2D eigenvalue weighted by molar-refractivity contribution is 7.13. The van der Waals surface area contributed by atoms with Crippen molar-refractivity contribution in [2.24, 2.45) is 0 Å². The zero-order valence-electron chi connectivity index (χ0n) is 16.7. The molecule has 1 aliphatic rings. The summed E-state index contributed by atoms with van der Waals surface area (Å²) in [6.07, 6.45) is 2.31. The fourth-order valence-electron chi connectivity index (χ4n) is 2.91. The maximum absolute atomic E-state index is 13.4. The molecule has 160 valence electrons. The number of amides is 1. The number of nitrogens with zero attached hydrogens (tertiary/aromatic N) is 5. The fourth-order valence-corrected chi connectivity index (χ4v) is 3.56. The van der Waals surface area contributed by atoms with Crippen molar-refractivity contribution in [2.75, 3.05) is 18.0 Å². The second-order valence-corrected chi connectivity index (χ2v) is 7.28. The van der Waals surface area contributed by atoms with E-state index < -0.39 is 11.8 Å². The van der Waals surface area contributed by atoms with Crippen molar-refractivity contribution in [1.82, 2.24) is 30.5 Å². The molecule has 1 saturated heterocycles. The summed E-state index contributed by atoms with van der Waals surface area (Å²) in [7, 11) is 0. The predicted octanol–water partition coefficient (Wildman–Crippen LogP) is 3.51. The quantitative estimate of drug-likeness (QED) is 0.636. The smallest absolute Gasteiger partial charge is 0.274 e. The predicted molar refractivity (Wildman–Crippen MR) is 111 cm³/mol. The molecule has 30 heavy (non-hydrogen) atoms. The van der Waals surface area contributed by atoms with Gasteiger partial charge in [-0.05, 0) is 11.4 Å². The Kier molecular flexibility index (Phi) is 7.03. The number of H-pyrrole nitrogens is 1. The Bertz CT molecular complexity index is 951. The van der Waals surface area contributed by atoms with Gasteiger partial charge in [-0.15, -0.1) is 11.3 Å². The molecule has 0 spiro atoms. The van der Waals surface area contributed by atoms with Crippen molar-refractivity contribution in [3.63, 3.8) is 0 Å². The Morgan fingerprint density at radius 3 is 2.70 bits per heavy atom. The monoisotopic (exact) mass is 435 g/mol. The van der Waals surface area contributed by atoms with Gasteiger partial charge in [0, 0.05) is 38.3 Å². The molecule has 0 saturated carbocycles. The zero-order chi connectivity index (χ0) is 21.6. The molecular weight excluding hydrogens is 412 g/mol. The lowest BCUT2D eigenvalue weighted by Gasteiger charge is -2.32. The van der Waals surface area contributed by atoms with Gasteiger partial charge in [0.15, 0.2) is 17.3 Å². The number of carbonyl (C=O) groups excluding carboxylic acids is 1. The van der Waals surface area contributed by atoms with E-state index >= 15 is 0 Å². The summed E-state index contributed by atoms with van der Waals surface area (Å²) in [5.74, 6) is -1.75. The third-order valence-corrected chi connectivity index (χ3v) is 5.24. The molecule has 3 aromatic heterocycles. The van der Waals surface area contributed by atoms with Crippen LogP contribution in [0.25, 0.3) is 10.7 Å². The number of halogens is 2. The van der Waals surface area contributed by atoms with Crippen LogP contribution in [0.2, 0.25) is 0 Å². The summed E-state index contributed by atoms with van der Waals surface area (Å²) in [4.78, 5) is 27.8. The van der Waals surface area contributed by atoms with Gasteiger partial charge in [-0.3, -0.25) is 9.89 Å². The highest BCUT2D eigenvalue weighted by atomic mass is 32.1. The maximum atomic E-state index is 13.4. The number of aromatic amines is 1. The molecule has 1 fully saturated rings. The molecule has 1 aliphatic heterocycles. The van der Waals surface area contributed by atoms with Crippen molar-refractivity contribution in [2.45, 2.75) is 39.2 Å². The summed E-state index contributed by atoms with van der Waals surface area (Å²) in [6, 6.07) is 3.81. The van der Waals surface area contributed by atoms with Crippen molar-refractivity contribution in [1.29, 1.82) is 0 Å². The van der Waals surface area contributed by atoms with Crippen LogP contribution in [-0.4, -0.2) is 50.1 Å². The van der Waals surface area contributed by atoms with E-state index in [1.165, 1.54) is 23.7 Å². The Labute approximate surface area is 176 Å². The molecule has 4 heterocycles. The van der Waals surface area contributed by atoms with Crippen molar-refractivity contribution in [3.05, 3.63) is 41.4 Å². The molecule has 8 nitrogen and oxygen atoms in total. The van der Waals surface area contributed by atoms with E-state index in [2.05, 4.69) is 30.5 Å². The zero-order valence-corrected chi connectivity index (χ0v) is 17.5. The molecule has 3 aromatic rings. The largest absolute Gasteiger partial charge is 0.354 e. The Morgan fingerprint density at radius 1 is 1.27 bits per heavy atom. The Hall–Kier alpha value is -2.95. The van der Waals surface area contributed by atoms with Crippen molar-refractivity contribution < 1.29 is 13.6 Å². The summed E-state index contributed by atoms with van der Waals surface area (Å²) in [5.41, 5.74) is 0.103. The minimum atomic E-state index is -2.67. The van der Waals surface area contributed by atoms with Crippen LogP contribution < -0.4 is 10.2 Å².